The van der Waals surface area contributed by atoms with Gasteiger partial charge in [0.05, 0.1) is 6.10 Å². The van der Waals surface area contributed by atoms with Crippen LogP contribution >= 0.6 is 0 Å². The number of anilines is 1. The molecule has 2 aromatic rings. The molecule has 1 unspecified atom stereocenters. The molecule has 112 valence electrons. The summed E-state index contributed by atoms with van der Waals surface area (Å²) in [6, 6.07) is 14.4. The van der Waals surface area contributed by atoms with E-state index >= 15 is 0 Å². The highest BCUT2D eigenvalue weighted by Crippen LogP contribution is 2.21. The molecule has 2 rings (SSSR count). The molecule has 0 radical (unpaired) electrons. The summed E-state index contributed by atoms with van der Waals surface area (Å²) < 4.78 is 0. The van der Waals surface area contributed by atoms with E-state index in [1.54, 1.807) is 0 Å². The summed E-state index contributed by atoms with van der Waals surface area (Å²) in [7, 11) is 0. The quantitative estimate of drug-likeness (QED) is 0.842. The largest absolute Gasteiger partial charge is 0.387 e. The molecule has 0 saturated heterocycles. The van der Waals surface area contributed by atoms with Crippen LogP contribution in [0.3, 0.4) is 0 Å². The smallest absolute Gasteiger partial charge is 0.0962 e. The lowest BCUT2D eigenvalue weighted by Gasteiger charge is -2.16. The van der Waals surface area contributed by atoms with Gasteiger partial charge in [0.1, 0.15) is 0 Å². The Morgan fingerprint density at radius 3 is 2.19 bits per heavy atom. The molecule has 0 amide bonds. The van der Waals surface area contributed by atoms with Crippen LogP contribution in [0.25, 0.3) is 0 Å². The Labute approximate surface area is 127 Å². The Morgan fingerprint density at radius 2 is 1.57 bits per heavy atom. The number of aryl methyl sites for hydroxylation is 1. The molecular formula is C19H25NO. The van der Waals surface area contributed by atoms with Crippen molar-refractivity contribution in [3.63, 3.8) is 0 Å². The molecule has 0 aromatic heterocycles. The van der Waals surface area contributed by atoms with E-state index in [9.17, 15) is 5.11 Å². The van der Waals surface area contributed by atoms with Gasteiger partial charge in [-0.05, 0) is 48.1 Å². The van der Waals surface area contributed by atoms with Crippen molar-refractivity contribution < 1.29 is 5.11 Å². The molecule has 0 fully saturated rings. The SMILES string of the molecule is Cc1cccc(NCC(O)c2ccc(C(C)C)cc2)c1C. The van der Waals surface area contributed by atoms with Crippen molar-refractivity contribution in [2.24, 2.45) is 0 Å². The third-order valence-electron chi connectivity index (χ3n) is 4.08. The van der Waals surface area contributed by atoms with Crippen molar-refractivity contribution >= 4 is 5.69 Å². The molecule has 0 bridgehead atoms. The highest BCUT2D eigenvalue weighted by Gasteiger charge is 2.09. The summed E-state index contributed by atoms with van der Waals surface area (Å²) in [5.74, 6) is 0.518. The lowest BCUT2D eigenvalue weighted by Crippen LogP contribution is -2.13. The van der Waals surface area contributed by atoms with Gasteiger partial charge in [-0.15, -0.1) is 0 Å². The molecule has 2 nitrogen and oxygen atoms in total. The maximum absolute atomic E-state index is 10.3. The van der Waals surface area contributed by atoms with E-state index in [4.69, 9.17) is 0 Å². The molecule has 2 heteroatoms. The first-order valence-electron chi connectivity index (χ1n) is 7.57. The summed E-state index contributed by atoms with van der Waals surface area (Å²) in [5, 5.41) is 13.6. The average molecular weight is 283 g/mol. The first-order chi connectivity index (χ1) is 9.99. The summed E-state index contributed by atoms with van der Waals surface area (Å²) >= 11 is 0. The Balaban J connectivity index is 2.01. The molecular weight excluding hydrogens is 258 g/mol. The van der Waals surface area contributed by atoms with Gasteiger partial charge in [-0.3, -0.25) is 0 Å². The second-order valence-electron chi connectivity index (χ2n) is 5.97. The highest BCUT2D eigenvalue weighted by molar-refractivity contribution is 5.53. The zero-order chi connectivity index (χ0) is 15.4. The molecule has 2 N–H and O–H groups in total. The number of aliphatic hydroxyl groups excluding tert-OH is 1. The summed E-state index contributed by atoms with van der Waals surface area (Å²) in [5.41, 5.74) is 5.84. The zero-order valence-corrected chi connectivity index (χ0v) is 13.4. The minimum absolute atomic E-state index is 0.494. The Hall–Kier alpha value is -1.80. The van der Waals surface area contributed by atoms with Crippen molar-refractivity contribution in [1.29, 1.82) is 0 Å². The molecule has 2 aromatic carbocycles. The first-order valence-corrected chi connectivity index (χ1v) is 7.57. The van der Waals surface area contributed by atoms with Gasteiger partial charge in [0.15, 0.2) is 0 Å². The maximum Gasteiger partial charge on any atom is 0.0962 e. The van der Waals surface area contributed by atoms with Crippen LogP contribution in [-0.2, 0) is 0 Å². The van der Waals surface area contributed by atoms with Crippen molar-refractivity contribution in [3.8, 4) is 0 Å². The number of rotatable bonds is 5. The van der Waals surface area contributed by atoms with Gasteiger partial charge in [-0.1, -0.05) is 50.2 Å². The molecule has 21 heavy (non-hydrogen) atoms. The van der Waals surface area contributed by atoms with Gasteiger partial charge in [0, 0.05) is 12.2 Å². The van der Waals surface area contributed by atoms with E-state index in [-0.39, 0.29) is 0 Å². The number of hydrogen-bond donors (Lipinski definition) is 2. The van der Waals surface area contributed by atoms with Crippen LogP contribution in [0, 0.1) is 13.8 Å². The van der Waals surface area contributed by atoms with E-state index in [1.807, 2.05) is 18.2 Å². The van der Waals surface area contributed by atoms with Gasteiger partial charge >= 0.3 is 0 Å². The summed E-state index contributed by atoms with van der Waals surface area (Å²) in [6.07, 6.45) is -0.494. The number of aliphatic hydroxyl groups is 1. The molecule has 0 aliphatic rings. The van der Waals surface area contributed by atoms with Crippen molar-refractivity contribution in [1.82, 2.24) is 0 Å². The molecule has 0 aliphatic carbocycles. The van der Waals surface area contributed by atoms with E-state index in [0.717, 1.165) is 11.3 Å². The first kappa shape index (κ1) is 15.6. The minimum Gasteiger partial charge on any atom is -0.387 e. The number of nitrogens with one attached hydrogen (secondary N) is 1. The van der Waals surface area contributed by atoms with E-state index in [2.05, 4.69) is 57.3 Å². The third kappa shape index (κ3) is 3.85. The second kappa shape index (κ2) is 6.77. The van der Waals surface area contributed by atoms with E-state index in [0.29, 0.717) is 12.5 Å². The maximum atomic E-state index is 10.3. The molecule has 1 atom stereocenters. The van der Waals surface area contributed by atoms with Crippen LogP contribution in [-0.4, -0.2) is 11.7 Å². The molecule has 0 saturated carbocycles. The van der Waals surface area contributed by atoms with Crippen molar-refractivity contribution in [3.05, 3.63) is 64.7 Å². The Kier molecular flexibility index (Phi) is 5.03. The predicted molar refractivity (Wildman–Crippen MR) is 89.9 cm³/mol. The topological polar surface area (TPSA) is 32.3 Å². The summed E-state index contributed by atoms with van der Waals surface area (Å²) in [6.45, 7) is 9.06. The fraction of sp³-hybridized carbons (Fsp3) is 0.368. The van der Waals surface area contributed by atoms with E-state index < -0.39 is 6.10 Å². The van der Waals surface area contributed by atoms with Crippen LogP contribution in [0.1, 0.15) is 48.1 Å². The van der Waals surface area contributed by atoms with Crippen LogP contribution < -0.4 is 5.32 Å². The van der Waals surface area contributed by atoms with Crippen LogP contribution in [0.4, 0.5) is 5.69 Å². The van der Waals surface area contributed by atoms with E-state index in [1.165, 1.54) is 16.7 Å². The fourth-order valence-corrected chi connectivity index (χ4v) is 2.37. The van der Waals surface area contributed by atoms with Crippen LogP contribution in [0.2, 0.25) is 0 Å². The van der Waals surface area contributed by atoms with Crippen LogP contribution in [0.15, 0.2) is 42.5 Å². The third-order valence-corrected chi connectivity index (χ3v) is 4.08. The van der Waals surface area contributed by atoms with Gasteiger partial charge < -0.3 is 10.4 Å². The van der Waals surface area contributed by atoms with Crippen molar-refractivity contribution in [2.75, 3.05) is 11.9 Å². The van der Waals surface area contributed by atoms with Crippen LogP contribution in [0.5, 0.6) is 0 Å². The molecule has 0 heterocycles. The minimum atomic E-state index is -0.494. The van der Waals surface area contributed by atoms with Gasteiger partial charge in [0.25, 0.3) is 0 Å². The second-order valence-corrected chi connectivity index (χ2v) is 5.97. The fourth-order valence-electron chi connectivity index (χ4n) is 2.37. The van der Waals surface area contributed by atoms with Gasteiger partial charge in [-0.2, -0.15) is 0 Å². The molecule has 0 aliphatic heterocycles. The van der Waals surface area contributed by atoms with Gasteiger partial charge in [-0.25, -0.2) is 0 Å². The lowest BCUT2D eigenvalue weighted by molar-refractivity contribution is 0.191. The average Bonchev–Trinajstić information content (AvgIpc) is 2.48. The van der Waals surface area contributed by atoms with Crippen molar-refractivity contribution in [2.45, 2.75) is 39.7 Å². The number of benzene rings is 2. The highest BCUT2D eigenvalue weighted by atomic mass is 16.3. The van der Waals surface area contributed by atoms with Gasteiger partial charge in [0.2, 0.25) is 0 Å². The Morgan fingerprint density at radius 1 is 0.952 bits per heavy atom. The zero-order valence-electron chi connectivity index (χ0n) is 13.4. The number of hydrogen-bond acceptors (Lipinski definition) is 2. The molecule has 0 spiro atoms. The standard InChI is InChI=1S/C19H25NO/c1-13(2)16-8-10-17(11-9-16)19(21)12-20-18-7-5-6-14(3)15(18)4/h5-11,13,19-21H,12H2,1-4H3. The monoisotopic (exact) mass is 283 g/mol. The predicted octanol–water partition coefficient (Wildman–Crippen LogP) is 4.57. The Bertz CT molecular complexity index is 587. The normalized spacial score (nSPS) is 12.5. The lowest BCUT2D eigenvalue weighted by atomic mass is 10.00. The summed E-state index contributed by atoms with van der Waals surface area (Å²) in [4.78, 5) is 0.